The number of hydrogen-bond donors (Lipinski definition) is 0. The fourth-order valence-corrected chi connectivity index (χ4v) is 10.6. The summed E-state index contributed by atoms with van der Waals surface area (Å²) in [7, 11) is 0. The summed E-state index contributed by atoms with van der Waals surface area (Å²) < 4.78 is 4.92. The zero-order valence-corrected chi connectivity index (χ0v) is 32.9. The van der Waals surface area contributed by atoms with E-state index in [1.165, 1.54) is 109 Å². The average Bonchev–Trinajstić information content (AvgIpc) is 3.83. The molecule has 1 atom stereocenters. The van der Waals surface area contributed by atoms with Gasteiger partial charge in [-0.15, -0.1) is 0 Å². The topological polar surface area (TPSA) is 9.86 Å². The summed E-state index contributed by atoms with van der Waals surface area (Å²) in [5, 5.41) is 12.6. The lowest BCUT2D eigenvalue weighted by atomic mass is 9.78. The standard InChI is InChI=1S/C58H38N2/c1-2-16-39-34-40(29-28-37(39)14-1)57-49-32-30-42(60-55-26-11-7-21-46(55)47-22-8-12-27-56(47)60)36-52(49)58(48-23-13-17-38-15-3-4-18-43(38)48)50-33-31-41(35-51(50)57)59-53-24-9-5-19-44(53)45-20-6-10-25-54(45)59/h1-33,35-36,39H,34H2. The average molecular weight is 763 g/mol. The predicted octanol–water partition coefficient (Wildman–Crippen LogP) is 15.5. The molecule has 1 unspecified atom stereocenters. The minimum absolute atomic E-state index is 0.343. The molecule has 2 heterocycles. The van der Waals surface area contributed by atoms with Crippen molar-refractivity contribution < 1.29 is 0 Å². The Bertz CT molecular complexity index is 3640. The molecule has 280 valence electrons. The van der Waals surface area contributed by atoms with Gasteiger partial charge < -0.3 is 9.13 Å². The molecule has 2 nitrogen and oxygen atoms in total. The maximum atomic E-state index is 2.48. The van der Waals surface area contributed by atoms with Crippen LogP contribution in [-0.2, 0) is 0 Å². The summed E-state index contributed by atoms with van der Waals surface area (Å²) in [5.74, 6) is 0.343. The molecule has 2 heteroatoms. The van der Waals surface area contributed by atoms with Crippen LogP contribution in [0.2, 0.25) is 0 Å². The van der Waals surface area contributed by atoms with Gasteiger partial charge in [0.25, 0.3) is 0 Å². The molecule has 0 saturated heterocycles. The van der Waals surface area contributed by atoms with Crippen molar-refractivity contribution in [1.29, 1.82) is 0 Å². The van der Waals surface area contributed by atoms with Crippen LogP contribution in [0.15, 0.2) is 218 Å². The van der Waals surface area contributed by atoms with Crippen LogP contribution in [0.25, 0.3) is 104 Å². The smallest absolute Gasteiger partial charge is 0.0541 e. The number of hydrogen-bond acceptors (Lipinski definition) is 0. The zero-order chi connectivity index (χ0) is 39.3. The highest BCUT2D eigenvalue weighted by Gasteiger charge is 2.25. The number of allylic oxidation sites excluding steroid dienone is 8. The summed E-state index contributed by atoms with van der Waals surface area (Å²) in [6.45, 7) is 0. The lowest BCUT2D eigenvalue weighted by molar-refractivity contribution is 0.794. The van der Waals surface area contributed by atoms with Crippen molar-refractivity contribution in [2.75, 3.05) is 0 Å². The van der Waals surface area contributed by atoms with Crippen molar-refractivity contribution in [3.05, 3.63) is 224 Å². The van der Waals surface area contributed by atoms with Crippen LogP contribution in [0.1, 0.15) is 12.0 Å². The quantitative estimate of drug-likeness (QED) is 0.158. The summed E-state index contributed by atoms with van der Waals surface area (Å²) in [4.78, 5) is 0. The van der Waals surface area contributed by atoms with Gasteiger partial charge in [0, 0.05) is 38.8 Å². The molecule has 0 fully saturated rings. The third kappa shape index (κ3) is 4.82. The molecule has 9 aromatic carbocycles. The molecule has 0 saturated carbocycles. The Kier molecular flexibility index (Phi) is 7.17. The first kappa shape index (κ1) is 33.3. The Labute approximate surface area is 347 Å². The number of benzene rings is 9. The highest BCUT2D eigenvalue weighted by atomic mass is 15.0. The Balaban J connectivity index is 1.19. The predicted molar refractivity (Wildman–Crippen MR) is 256 cm³/mol. The minimum Gasteiger partial charge on any atom is -0.309 e. The van der Waals surface area contributed by atoms with Gasteiger partial charge in [-0.2, -0.15) is 0 Å². The van der Waals surface area contributed by atoms with E-state index in [1.54, 1.807) is 0 Å². The maximum Gasteiger partial charge on any atom is 0.0541 e. The van der Waals surface area contributed by atoms with Gasteiger partial charge in [0.05, 0.1) is 22.1 Å². The molecule has 2 aliphatic rings. The Morgan fingerprint density at radius 3 is 1.48 bits per heavy atom. The Hall–Kier alpha value is -7.68. The third-order valence-electron chi connectivity index (χ3n) is 13.2. The number of fused-ring (bicyclic) bond motifs is 10. The summed E-state index contributed by atoms with van der Waals surface area (Å²) in [6.07, 6.45) is 14.7. The third-order valence-corrected chi connectivity index (χ3v) is 13.2. The molecule has 0 bridgehead atoms. The van der Waals surface area contributed by atoms with Gasteiger partial charge in [-0.3, -0.25) is 0 Å². The van der Waals surface area contributed by atoms with E-state index in [2.05, 4.69) is 222 Å². The van der Waals surface area contributed by atoms with Gasteiger partial charge in [-0.1, -0.05) is 164 Å². The first-order valence-corrected chi connectivity index (χ1v) is 21.0. The van der Waals surface area contributed by atoms with Crippen LogP contribution in [0.4, 0.5) is 0 Å². The molecule has 2 aliphatic carbocycles. The van der Waals surface area contributed by atoms with Crippen molar-refractivity contribution in [3.63, 3.8) is 0 Å². The van der Waals surface area contributed by atoms with E-state index in [4.69, 9.17) is 0 Å². The van der Waals surface area contributed by atoms with Gasteiger partial charge in [0.2, 0.25) is 0 Å². The fraction of sp³-hybridized carbons (Fsp3) is 0.0345. The minimum atomic E-state index is 0.343. The van der Waals surface area contributed by atoms with Crippen LogP contribution < -0.4 is 0 Å². The fourth-order valence-electron chi connectivity index (χ4n) is 10.6. The SMILES string of the molecule is C1=CC2=CC=C(c3c4cc(-n5c6ccccc6c6ccccc65)ccc4c(-c4cccc5ccccc45)c4cc(-n5c6ccccc6c6ccccc65)ccc34)CC2C=C1. The summed E-state index contributed by atoms with van der Waals surface area (Å²) in [6, 6.07) is 65.5. The first-order valence-electron chi connectivity index (χ1n) is 21.0. The molecular weight excluding hydrogens is 725 g/mol. The second kappa shape index (κ2) is 12.9. The van der Waals surface area contributed by atoms with Crippen LogP contribution in [0.5, 0.6) is 0 Å². The van der Waals surface area contributed by atoms with Crippen LogP contribution in [0.3, 0.4) is 0 Å². The Morgan fingerprint density at radius 1 is 0.383 bits per heavy atom. The zero-order valence-electron chi connectivity index (χ0n) is 32.9. The number of aromatic nitrogens is 2. The van der Waals surface area contributed by atoms with Gasteiger partial charge >= 0.3 is 0 Å². The van der Waals surface area contributed by atoms with Crippen molar-refractivity contribution >= 4 is 81.5 Å². The van der Waals surface area contributed by atoms with Crippen LogP contribution >= 0.6 is 0 Å². The van der Waals surface area contributed by atoms with Crippen LogP contribution in [0, 0.1) is 5.92 Å². The lowest BCUT2D eigenvalue weighted by Gasteiger charge is -2.26. The molecule has 0 radical (unpaired) electrons. The molecule has 0 amide bonds. The first-order chi connectivity index (χ1) is 29.8. The highest BCUT2D eigenvalue weighted by molar-refractivity contribution is 6.22. The van der Waals surface area contributed by atoms with Crippen molar-refractivity contribution in [1.82, 2.24) is 9.13 Å². The van der Waals surface area contributed by atoms with E-state index in [9.17, 15) is 0 Å². The van der Waals surface area contributed by atoms with Gasteiger partial charge in [-0.25, -0.2) is 0 Å². The van der Waals surface area contributed by atoms with E-state index in [1.807, 2.05) is 0 Å². The molecule has 0 N–H and O–H groups in total. The molecule has 11 aromatic rings. The normalized spacial score (nSPS) is 15.2. The molecule has 13 rings (SSSR count). The largest absolute Gasteiger partial charge is 0.309 e. The lowest BCUT2D eigenvalue weighted by Crippen LogP contribution is -2.08. The second-order valence-electron chi connectivity index (χ2n) is 16.4. The molecule has 0 spiro atoms. The molecule has 2 aromatic heterocycles. The maximum absolute atomic E-state index is 2.48. The second-order valence-corrected chi connectivity index (χ2v) is 16.4. The van der Waals surface area contributed by atoms with Gasteiger partial charge in [-0.05, 0) is 115 Å². The van der Waals surface area contributed by atoms with E-state index < -0.39 is 0 Å². The number of nitrogens with zero attached hydrogens (tertiary/aromatic N) is 2. The number of rotatable bonds is 4. The summed E-state index contributed by atoms with van der Waals surface area (Å²) >= 11 is 0. The summed E-state index contributed by atoms with van der Waals surface area (Å²) in [5.41, 5.74) is 13.8. The van der Waals surface area contributed by atoms with Crippen molar-refractivity contribution in [3.8, 4) is 22.5 Å². The molecule has 60 heavy (non-hydrogen) atoms. The highest BCUT2D eigenvalue weighted by Crippen LogP contribution is 2.48. The van der Waals surface area contributed by atoms with Crippen molar-refractivity contribution in [2.45, 2.75) is 6.42 Å². The van der Waals surface area contributed by atoms with Gasteiger partial charge in [0.15, 0.2) is 0 Å². The number of para-hydroxylation sites is 4. The van der Waals surface area contributed by atoms with Gasteiger partial charge in [0.1, 0.15) is 0 Å². The van der Waals surface area contributed by atoms with E-state index in [0.717, 1.165) is 12.1 Å². The molecular formula is C58H38N2. The van der Waals surface area contributed by atoms with E-state index in [-0.39, 0.29) is 0 Å². The molecule has 0 aliphatic heterocycles. The van der Waals surface area contributed by atoms with E-state index in [0.29, 0.717) is 5.92 Å². The van der Waals surface area contributed by atoms with Crippen LogP contribution in [-0.4, -0.2) is 9.13 Å². The Morgan fingerprint density at radius 2 is 0.883 bits per heavy atom. The monoisotopic (exact) mass is 762 g/mol. The van der Waals surface area contributed by atoms with Crippen molar-refractivity contribution in [2.24, 2.45) is 5.92 Å². The van der Waals surface area contributed by atoms with E-state index >= 15 is 0 Å².